The van der Waals surface area contributed by atoms with E-state index in [2.05, 4.69) is 0 Å². The topological polar surface area (TPSA) is 82.1 Å². The van der Waals surface area contributed by atoms with Gasteiger partial charge < -0.3 is 14.3 Å². The van der Waals surface area contributed by atoms with E-state index in [-0.39, 0.29) is 12.8 Å². The van der Waals surface area contributed by atoms with E-state index in [1.165, 1.54) is 20.3 Å². The van der Waals surface area contributed by atoms with Crippen LogP contribution < -0.4 is 9.47 Å². The number of ether oxygens (including phenoxy) is 2. The molecule has 0 radical (unpaired) electrons. The number of carbonyl (C=O) groups is 3. The van der Waals surface area contributed by atoms with Gasteiger partial charge in [-0.3, -0.25) is 9.59 Å². The largest absolute Gasteiger partial charge is 0.497 e. The lowest BCUT2D eigenvalue weighted by atomic mass is 10.1. The van der Waals surface area contributed by atoms with Gasteiger partial charge in [0.2, 0.25) is 0 Å². The minimum absolute atomic E-state index is 0.0551. The van der Waals surface area contributed by atoms with Crippen LogP contribution in [-0.4, -0.2) is 37.1 Å². The van der Waals surface area contributed by atoms with E-state index in [1.54, 1.807) is 18.2 Å². The summed E-state index contributed by atoms with van der Waals surface area (Å²) in [6, 6.07) is 5.09. The monoisotopic (exact) mass is 305 g/mol. The third-order valence-electron chi connectivity index (χ3n) is 3.02. The number of hydrogen-bond acceptors (Lipinski definition) is 6. The van der Waals surface area contributed by atoms with Gasteiger partial charge in [-0.1, -0.05) is 0 Å². The minimum Gasteiger partial charge on any atom is -0.497 e. The van der Waals surface area contributed by atoms with Crippen LogP contribution in [0.15, 0.2) is 24.3 Å². The molecule has 1 saturated heterocycles. The molecule has 7 nitrogen and oxygen atoms in total. The smallest absolute Gasteiger partial charge is 0.356 e. The van der Waals surface area contributed by atoms with Gasteiger partial charge >= 0.3 is 5.97 Å². The van der Waals surface area contributed by atoms with Gasteiger partial charge in [0, 0.05) is 24.5 Å². The molecule has 7 heteroatoms. The number of hydrogen-bond donors (Lipinski definition) is 0. The summed E-state index contributed by atoms with van der Waals surface area (Å²) in [6.45, 7) is 0. The van der Waals surface area contributed by atoms with Crippen molar-refractivity contribution >= 4 is 23.9 Å². The minimum atomic E-state index is -0.825. The molecule has 0 atom stereocenters. The Morgan fingerprint density at radius 1 is 1.14 bits per heavy atom. The SMILES string of the molecule is COc1ccc(OC)c(/C=C/C(=O)ON2C(=O)CCC2=O)c1. The van der Waals surface area contributed by atoms with Crippen molar-refractivity contribution < 1.29 is 28.7 Å². The van der Waals surface area contributed by atoms with E-state index in [0.29, 0.717) is 22.1 Å². The van der Waals surface area contributed by atoms with Crippen molar-refractivity contribution in [3.05, 3.63) is 29.8 Å². The van der Waals surface area contributed by atoms with Crippen molar-refractivity contribution in [2.75, 3.05) is 14.2 Å². The summed E-state index contributed by atoms with van der Waals surface area (Å²) in [4.78, 5) is 39.1. The Morgan fingerprint density at radius 3 is 2.41 bits per heavy atom. The van der Waals surface area contributed by atoms with Gasteiger partial charge in [0.15, 0.2) is 0 Å². The zero-order chi connectivity index (χ0) is 16.1. The van der Waals surface area contributed by atoms with Crippen LogP contribution in [0.3, 0.4) is 0 Å². The molecule has 22 heavy (non-hydrogen) atoms. The first-order chi connectivity index (χ1) is 10.5. The first-order valence-corrected chi connectivity index (χ1v) is 6.53. The summed E-state index contributed by atoms with van der Waals surface area (Å²) in [6.07, 6.45) is 2.67. The van der Waals surface area contributed by atoms with E-state index < -0.39 is 17.8 Å². The summed E-state index contributed by atoms with van der Waals surface area (Å²) in [5, 5.41) is 0.496. The number of methoxy groups -OCH3 is 2. The van der Waals surface area contributed by atoms with E-state index in [4.69, 9.17) is 14.3 Å². The van der Waals surface area contributed by atoms with E-state index >= 15 is 0 Å². The van der Waals surface area contributed by atoms with Crippen molar-refractivity contribution in [2.45, 2.75) is 12.8 Å². The molecule has 116 valence electrons. The van der Waals surface area contributed by atoms with E-state index in [1.807, 2.05) is 0 Å². The maximum Gasteiger partial charge on any atom is 0.356 e. The first kappa shape index (κ1) is 15.6. The maximum absolute atomic E-state index is 11.7. The molecule has 0 aromatic heterocycles. The predicted octanol–water partition coefficient (Wildman–Crippen LogP) is 1.32. The Kier molecular flexibility index (Phi) is 4.77. The number of amides is 2. The van der Waals surface area contributed by atoms with Crippen molar-refractivity contribution in [1.82, 2.24) is 5.06 Å². The van der Waals surface area contributed by atoms with Crippen molar-refractivity contribution in [3.63, 3.8) is 0 Å². The van der Waals surface area contributed by atoms with Gasteiger partial charge in [0.25, 0.3) is 11.8 Å². The highest BCUT2D eigenvalue weighted by Gasteiger charge is 2.32. The number of carbonyl (C=O) groups excluding carboxylic acids is 3. The molecule has 2 rings (SSSR count). The van der Waals surface area contributed by atoms with Crippen LogP contribution >= 0.6 is 0 Å². The fourth-order valence-electron chi connectivity index (χ4n) is 1.91. The van der Waals surface area contributed by atoms with Gasteiger partial charge in [0.1, 0.15) is 11.5 Å². The number of imide groups is 1. The van der Waals surface area contributed by atoms with Gasteiger partial charge in [-0.05, 0) is 24.3 Å². The van der Waals surface area contributed by atoms with Crippen molar-refractivity contribution in [1.29, 1.82) is 0 Å². The molecule has 1 heterocycles. The molecule has 1 aromatic rings. The average Bonchev–Trinajstić information content (AvgIpc) is 2.84. The van der Waals surface area contributed by atoms with Crippen LogP contribution in [0.5, 0.6) is 11.5 Å². The maximum atomic E-state index is 11.7. The zero-order valence-corrected chi connectivity index (χ0v) is 12.2. The number of rotatable bonds is 5. The Bertz CT molecular complexity index is 621. The third kappa shape index (κ3) is 3.43. The molecule has 2 amide bonds. The first-order valence-electron chi connectivity index (χ1n) is 6.53. The van der Waals surface area contributed by atoms with Crippen LogP contribution in [0.4, 0.5) is 0 Å². The second-order valence-electron chi connectivity index (χ2n) is 4.43. The molecule has 0 bridgehead atoms. The molecule has 0 saturated carbocycles. The van der Waals surface area contributed by atoms with Crippen molar-refractivity contribution in [2.24, 2.45) is 0 Å². The lowest BCUT2D eigenvalue weighted by Gasteiger charge is -2.11. The van der Waals surface area contributed by atoms with E-state index in [0.717, 1.165) is 6.08 Å². The van der Waals surface area contributed by atoms with E-state index in [9.17, 15) is 14.4 Å². The van der Waals surface area contributed by atoms with Gasteiger partial charge in [-0.15, -0.1) is 5.06 Å². The molecule has 0 unspecified atom stereocenters. The normalized spacial score (nSPS) is 14.5. The predicted molar refractivity (Wildman–Crippen MR) is 75.8 cm³/mol. The van der Waals surface area contributed by atoms with Gasteiger partial charge in [0.05, 0.1) is 14.2 Å². The number of hydroxylamine groups is 2. The van der Waals surface area contributed by atoms with Crippen LogP contribution in [0.1, 0.15) is 18.4 Å². The highest BCUT2D eigenvalue weighted by molar-refractivity contribution is 6.02. The molecule has 0 aliphatic carbocycles. The average molecular weight is 305 g/mol. The second-order valence-corrected chi connectivity index (χ2v) is 4.43. The fraction of sp³-hybridized carbons (Fsp3) is 0.267. The number of benzene rings is 1. The lowest BCUT2D eigenvalue weighted by molar-refractivity contribution is -0.193. The highest BCUT2D eigenvalue weighted by atomic mass is 16.7. The molecular weight excluding hydrogens is 290 g/mol. The summed E-state index contributed by atoms with van der Waals surface area (Å²) in [5.41, 5.74) is 0.595. The molecular formula is C15H15NO6. The summed E-state index contributed by atoms with van der Waals surface area (Å²) in [7, 11) is 3.02. The molecule has 1 fully saturated rings. The second kappa shape index (κ2) is 6.75. The Balaban J connectivity index is 2.09. The lowest BCUT2D eigenvalue weighted by Crippen LogP contribution is -2.31. The third-order valence-corrected chi connectivity index (χ3v) is 3.02. The molecule has 1 aliphatic heterocycles. The van der Waals surface area contributed by atoms with Crippen LogP contribution in [0, 0.1) is 0 Å². The van der Waals surface area contributed by atoms with Gasteiger partial charge in [-0.25, -0.2) is 4.79 Å². The Morgan fingerprint density at radius 2 is 1.82 bits per heavy atom. The standard InChI is InChI=1S/C15H15NO6/c1-20-11-4-5-12(21-2)10(9-11)3-8-15(19)22-16-13(17)6-7-14(16)18/h3-5,8-9H,6-7H2,1-2H3/b8-3+. The molecule has 1 aromatic carbocycles. The summed E-state index contributed by atoms with van der Waals surface area (Å²) in [5.74, 6) is -0.734. The quantitative estimate of drug-likeness (QED) is 0.603. The fourth-order valence-corrected chi connectivity index (χ4v) is 1.91. The Labute approximate surface area is 127 Å². The number of nitrogens with zero attached hydrogens (tertiary/aromatic N) is 1. The Hall–Kier alpha value is -2.83. The van der Waals surface area contributed by atoms with Crippen LogP contribution in [0.25, 0.3) is 6.08 Å². The highest BCUT2D eigenvalue weighted by Crippen LogP contribution is 2.25. The van der Waals surface area contributed by atoms with Crippen LogP contribution in [0.2, 0.25) is 0 Å². The summed E-state index contributed by atoms with van der Waals surface area (Å²) >= 11 is 0. The van der Waals surface area contributed by atoms with Crippen LogP contribution in [-0.2, 0) is 19.2 Å². The van der Waals surface area contributed by atoms with Gasteiger partial charge in [-0.2, -0.15) is 0 Å². The molecule has 1 aliphatic rings. The summed E-state index contributed by atoms with van der Waals surface area (Å²) < 4.78 is 10.3. The van der Waals surface area contributed by atoms with Crippen molar-refractivity contribution in [3.8, 4) is 11.5 Å². The molecule has 0 N–H and O–H groups in total. The molecule has 0 spiro atoms. The zero-order valence-electron chi connectivity index (χ0n) is 12.2.